The number of hydrogen-bond acceptors (Lipinski definition) is 9. The van der Waals surface area contributed by atoms with E-state index in [-0.39, 0.29) is 39.1 Å². The number of ketones is 2. The molecule has 11 aliphatic rings. The van der Waals surface area contributed by atoms with Gasteiger partial charge in [-0.1, -0.05) is 50.5 Å². The molecule has 0 aromatic rings. The summed E-state index contributed by atoms with van der Waals surface area (Å²) >= 11 is 0. The Morgan fingerprint density at radius 3 is 1.96 bits per heavy atom. The van der Waals surface area contributed by atoms with E-state index >= 15 is 0 Å². The fourth-order valence-corrected chi connectivity index (χ4v) is 14.6. The van der Waals surface area contributed by atoms with Gasteiger partial charge in [0.05, 0.1) is 6.10 Å². The van der Waals surface area contributed by atoms with Crippen molar-refractivity contribution >= 4 is 23.9 Å². The van der Waals surface area contributed by atoms with Gasteiger partial charge >= 0.3 is 12.3 Å². The van der Waals surface area contributed by atoms with Crippen LogP contribution in [0.15, 0.2) is 34.9 Å². The molecule has 11 rings (SSSR count). The SMILES string of the molecule is C[C@]12CCC(=O)C=C1CCC1C2=CC[C@@]2(C)C1CC[C@@]21COC(=O)O1.C[C@]12CCC(=O)C=C1CCC1C3CC[C@@]4(COC(=O)O4)[C@@]3(C)C[C@H]3O[C@@]132. The third-order valence-electron chi connectivity index (χ3n) is 17.7. The zero-order valence-corrected chi connectivity index (χ0v) is 30.6. The van der Waals surface area contributed by atoms with E-state index in [1.165, 1.54) is 11.1 Å². The Hall–Kier alpha value is -2.94. The highest BCUT2D eigenvalue weighted by molar-refractivity contribution is 5.92. The first-order valence-electron chi connectivity index (χ1n) is 19.8. The zero-order valence-electron chi connectivity index (χ0n) is 30.6. The molecule has 5 saturated carbocycles. The number of fused-ring (bicyclic) bond motifs is 10. The molecule has 3 aliphatic heterocycles. The second-order valence-electron chi connectivity index (χ2n) is 19.1. The molecule has 8 aliphatic carbocycles. The predicted molar refractivity (Wildman–Crippen MR) is 183 cm³/mol. The van der Waals surface area contributed by atoms with Crippen LogP contribution < -0.4 is 0 Å². The lowest BCUT2D eigenvalue weighted by Crippen LogP contribution is -2.60. The molecule has 0 aromatic carbocycles. The second-order valence-corrected chi connectivity index (χ2v) is 19.1. The minimum absolute atomic E-state index is 0.00553. The van der Waals surface area contributed by atoms with Gasteiger partial charge in [0, 0.05) is 34.5 Å². The summed E-state index contributed by atoms with van der Waals surface area (Å²) in [6.45, 7) is 10.1. The quantitative estimate of drug-likeness (QED) is 0.141. The van der Waals surface area contributed by atoms with Crippen molar-refractivity contribution < 1.29 is 42.9 Å². The summed E-state index contributed by atoms with van der Waals surface area (Å²) in [5, 5.41) is 0. The number of cyclic esters (lactones) is 2. The number of ether oxygens (including phenoxy) is 5. The molecule has 3 heterocycles. The molecule has 51 heavy (non-hydrogen) atoms. The maximum Gasteiger partial charge on any atom is 0.509 e. The average Bonchev–Trinajstić information content (AvgIpc) is 3.32. The highest BCUT2D eigenvalue weighted by Gasteiger charge is 2.82. The molecule has 0 bridgehead atoms. The highest BCUT2D eigenvalue weighted by atomic mass is 16.8. The van der Waals surface area contributed by atoms with E-state index in [4.69, 9.17) is 23.7 Å². The van der Waals surface area contributed by atoms with Gasteiger partial charge in [0.1, 0.15) is 18.8 Å². The van der Waals surface area contributed by atoms with Crippen LogP contribution in [0.5, 0.6) is 0 Å². The summed E-state index contributed by atoms with van der Waals surface area (Å²) in [5.41, 5.74) is 3.18. The Labute approximate surface area is 300 Å². The predicted octanol–water partition coefficient (Wildman–Crippen LogP) is 7.90. The molecular formula is C42H52O9. The summed E-state index contributed by atoms with van der Waals surface area (Å²) in [6.07, 6.45) is 18.7. The van der Waals surface area contributed by atoms with Gasteiger partial charge in [-0.25, -0.2) is 9.59 Å². The smallest absolute Gasteiger partial charge is 0.430 e. The van der Waals surface area contributed by atoms with E-state index in [2.05, 4.69) is 33.8 Å². The molecule has 0 radical (unpaired) electrons. The van der Waals surface area contributed by atoms with Crippen molar-refractivity contribution in [2.75, 3.05) is 13.2 Å². The van der Waals surface area contributed by atoms with E-state index in [0.29, 0.717) is 55.5 Å². The van der Waals surface area contributed by atoms with Crippen LogP contribution in [0.3, 0.4) is 0 Å². The molecule has 0 aromatic heterocycles. The molecule has 4 unspecified atom stereocenters. The van der Waals surface area contributed by atoms with Gasteiger partial charge in [-0.15, -0.1) is 0 Å². The minimum Gasteiger partial charge on any atom is -0.430 e. The zero-order chi connectivity index (χ0) is 35.4. The Morgan fingerprint density at radius 1 is 0.647 bits per heavy atom. The van der Waals surface area contributed by atoms with E-state index in [1.54, 1.807) is 5.57 Å². The first-order chi connectivity index (χ1) is 24.2. The van der Waals surface area contributed by atoms with Crippen molar-refractivity contribution in [2.24, 2.45) is 45.3 Å². The average molecular weight is 701 g/mol. The number of hydrogen-bond donors (Lipinski definition) is 0. The molecule has 8 fully saturated rings. The maximum absolute atomic E-state index is 12.0. The van der Waals surface area contributed by atoms with Gasteiger partial charge in [-0.2, -0.15) is 0 Å². The first kappa shape index (κ1) is 32.7. The Morgan fingerprint density at radius 2 is 1.27 bits per heavy atom. The summed E-state index contributed by atoms with van der Waals surface area (Å²) in [6, 6.07) is 0. The van der Waals surface area contributed by atoms with Gasteiger partial charge in [0.15, 0.2) is 22.8 Å². The molecule has 0 N–H and O–H groups in total. The van der Waals surface area contributed by atoms with Gasteiger partial charge in [0.2, 0.25) is 0 Å². The number of rotatable bonds is 0. The second kappa shape index (κ2) is 10.2. The van der Waals surface area contributed by atoms with Crippen LogP contribution in [0.25, 0.3) is 0 Å². The van der Waals surface area contributed by atoms with Crippen molar-refractivity contribution in [1.29, 1.82) is 0 Å². The van der Waals surface area contributed by atoms with Crippen molar-refractivity contribution in [1.82, 2.24) is 0 Å². The van der Waals surface area contributed by atoms with Crippen LogP contribution in [0.2, 0.25) is 0 Å². The summed E-state index contributed by atoms with van der Waals surface area (Å²) in [4.78, 5) is 47.3. The highest BCUT2D eigenvalue weighted by Crippen LogP contribution is 2.77. The summed E-state index contributed by atoms with van der Waals surface area (Å²) in [5.74, 6) is 2.64. The topological polar surface area (TPSA) is 118 Å². The summed E-state index contributed by atoms with van der Waals surface area (Å²) < 4.78 is 28.6. The monoisotopic (exact) mass is 700 g/mol. The van der Waals surface area contributed by atoms with Crippen LogP contribution in [0.1, 0.15) is 118 Å². The first-order valence-corrected chi connectivity index (χ1v) is 19.8. The van der Waals surface area contributed by atoms with E-state index in [9.17, 15) is 19.2 Å². The minimum atomic E-state index is -0.507. The van der Waals surface area contributed by atoms with Gasteiger partial charge in [-0.05, 0) is 113 Å². The normalized spacial score (nSPS) is 52.5. The molecule has 9 heteroatoms. The standard InChI is InChI=1S/C21H26O5.C21H26O4/c1-18-7-5-13(22)9-12(18)3-4-15-14-6-8-20(11-24-17(23)26-20)19(14,2)10-16-21(15,18)25-16;1-19-8-5-14(22)11-13(19)3-4-15-16(19)6-9-20(2)17(15)7-10-21(20)12-24-18(23)25-21/h9,14-16H,3-8,10-11H2,1-2H3;6,11,15,17H,3-5,7-10,12H2,1-2H3/t14?,15?,16-,18+,19+,20-,21+;15?,17?,19-,20-,21+/m10/s1. The number of carbonyl (C=O) groups excluding carboxylic acids is 4. The van der Waals surface area contributed by atoms with E-state index in [1.807, 2.05) is 12.2 Å². The molecule has 12 atom stereocenters. The third-order valence-corrected chi connectivity index (χ3v) is 17.7. The Kier molecular flexibility index (Phi) is 6.52. The van der Waals surface area contributed by atoms with Crippen molar-refractivity contribution in [3.63, 3.8) is 0 Å². The van der Waals surface area contributed by atoms with E-state index in [0.717, 1.165) is 77.0 Å². The van der Waals surface area contributed by atoms with Crippen molar-refractivity contribution in [3.8, 4) is 0 Å². The fourth-order valence-electron chi connectivity index (χ4n) is 14.6. The lowest BCUT2D eigenvalue weighted by molar-refractivity contribution is -0.118. The van der Waals surface area contributed by atoms with Crippen LogP contribution in [-0.2, 0) is 33.3 Å². The van der Waals surface area contributed by atoms with Crippen LogP contribution in [-0.4, -0.2) is 60.0 Å². The molecular weight excluding hydrogens is 648 g/mol. The fraction of sp³-hybridized carbons (Fsp3) is 0.762. The lowest BCUT2D eigenvalue weighted by atomic mass is 9.46. The van der Waals surface area contributed by atoms with Crippen LogP contribution in [0, 0.1) is 45.3 Å². The number of carbonyl (C=O) groups is 4. The Balaban J connectivity index is 0.000000128. The third kappa shape index (κ3) is 3.92. The molecule has 0 amide bonds. The van der Waals surface area contributed by atoms with Gasteiger partial charge in [-0.3, -0.25) is 9.59 Å². The van der Waals surface area contributed by atoms with Crippen molar-refractivity contribution in [2.45, 2.75) is 140 Å². The van der Waals surface area contributed by atoms with E-state index < -0.39 is 23.5 Å². The largest absolute Gasteiger partial charge is 0.509 e. The maximum atomic E-state index is 12.0. The summed E-state index contributed by atoms with van der Waals surface area (Å²) in [7, 11) is 0. The lowest BCUT2D eigenvalue weighted by Gasteiger charge is -2.56. The molecule has 9 nitrogen and oxygen atoms in total. The van der Waals surface area contributed by atoms with Crippen molar-refractivity contribution in [3.05, 3.63) is 34.9 Å². The van der Waals surface area contributed by atoms with Gasteiger partial charge < -0.3 is 23.7 Å². The molecule has 3 spiro atoms. The van der Waals surface area contributed by atoms with Gasteiger partial charge in [0.25, 0.3) is 0 Å². The molecule has 274 valence electrons. The molecule has 3 saturated heterocycles. The Bertz CT molecular complexity index is 1760. The van der Waals surface area contributed by atoms with Crippen LogP contribution >= 0.6 is 0 Å². The van der Waals surface area contributed by atoms with Crippen LogP contribution in [0.4, 0.5) is 9.59 Å². The number of epoxide rings is 1. The number of allylic oxidation sites excluding steroid dienone is 4.